The largest absolute Gasteiger partial charge is 0.464 e. The molecule has 100 valence electrons. The minimum atomic E-state index is 0.869. The second-order valence-electron chi connectivity index (χ2n) is 4.68. The van der Waals surface area contributed by atoms with Crippen molar-refractivity contribution in [1.29, 1.82) is 0 Å². The molecule has 2 radical (unpaired) electrons. The van der Waals surface area contributed by atoms with E-state index in [1.165, 1.54) is 0 Å². The average molecular weight is 267 g/mol. The van der Waals surface area contributed by atoms with Gasteiger partial charge in [-0.05, 0) is 26.2 Å². The lowest BCUT2D eigenvalue weighted by molar-refractivity contribution is 0.344. The summed E-state index contributed by atoms with van der Waals surface area (Å²) in [6.07, 6.45) is 0. The maximum atomic E-state index is 5.76. The molecule has 18 heavy (non-hydrogen) atoms. The molecule has 1 aromatic heterocycles. The number of nitrogens with zero attached hydrogens (tertiary/aromatic N) is 2. The Morgan fingerprint density at radius 3 is 3.00 bits per heavy atom. The quantitative estimate of drug-likeness (QED) is 0.756. The van der Waals surface area contributed by atoms with Crippen LogP contribution >= 0.6 is 11.8 Å². The summed E-state index contributed by atoms with van der Waals surface area (Å²) in [4.78, 5) is 4.31. The molecule has 1 aliphatic heterocycles. The van der Waals surface area contributed by atoms with Crippen LogP contribution in [-0.2, 0) is 12.3 Å². The Hall–Kier alpha value is -0.490. The van der Waals surface area contributed by atoms with E-state index in [0.29, 0.717) is 0 Å². The van der Waals surface area contributed by atoms with Gasteiger partial charge in [-0.2, -0.15) is 11.8 Å². The molecule has 2 rings (SSSR count). The van der Waals surface area contributed by atoms with E-state index in [-0.39, 0.29) is 0 Å². The molecule has 2 heterocycles. The highest BCUT2D eigenvalue weighted by molar-refractivity contribution is 7.98. The van der Waals surface area contributed by atoms with Gasteiger partial charge in [-0.3, -0.25) is 10.2 Å². The molecule has 1 aromatic rings. The van der Waals surface area contributed by atoms with E-state index in [0.717, 1.165) is 49.2 Å². The first-order valence-electron chi connectivity index (χ1n) is 6.27. The predicted molar refractivity (Wildman–Crippen MR) is 75.1 cm³/mol. The van der Waals surface area contributed by atoms with Gasteiger partial charge >= 0.3 is 0 Å². The fraction of sp³-hybridized carbons (Fsp3) is 0.615. The molecule has 1 N–H and O–H groups in total. The van der Waals surface area contributed by atoms with Crippen molar-refractivity contribution in [3.05, 3.63) is 30.3 Å². The van der Waals surface area contributed by atoms with Gasteiger partial charge in [0.15, 0.2) is 0 Å². The first-order valence-corrected chi connectivity index (χ1v) is 7.43. The van der Waals surface area contributed by atoms with Gasteiger partial charge in [-0.25, -0.2) is 0 Å². The maximum absolute atomic E-state index is 5.76. The smallest absolute Gasteiger partial charge is 0.143 e. The summed E-state index contributed by atoms with van der Waals surface area (Å²) in [7, 11) is 4.10. The Bertz CT molecular complexity index is 348. The van der Waals surface area contributed by atoms with Gasteiger partial charge in [0.1, 0.15) is 18.2 Å². The Labute approximate surface area is 114 Å². The topological polar surface area (TPSA) is 31.6 Å². The van der Waals surface area contributed by atoms with Crippen LogP contribution in [0.15, 0.2) is 16.5 Å². The lowest BCUT2D eigenvalue weighted by Crippen LogP contribution is -2.20. The van der Waals surface area contributed by atoms with E-state index in [4.69, 9.17) is 4.42 Å². The normalized spacial score (nSPS) is 16.8. The lowest BCUT2D eigenvalue weighted by Gasteiger charge is -2.11. The van der Waals surface area contributed by atoms with Crippen molar-refractivity contribution in [1.82, 2.24) is 15.1 Å². The third-order valence-electron chi connectivity index (χ3n) is 2.68. The minimum absolute atomic E-state index is 0.869. The molecule has 0 saturated carbocycles. The molecule has 1 fully saturated rings. The molecule has 0 amide bonds. The van der Waals surface area contributed by atoms with Crippen molar-refractivity contribution in [3.8, 4) is 0 Å². The predicted octanol–water partition coefficient (Wildman–Crippen LogP) is 1.48. The van der Waals surface area contributed by atoms with E-state index in [1.807, 2.05) is 25.9 Å². The van der Waals surface area contributed by atoms with Crippen LogP contribution in [0, 0.1) is 6.67 Å². The van der Waals surface area contributed by atoms with Gasteiger partial charge in [0.2, 0.25) is 0 Å². The van der Waals surface area contributed by atoms with Crippen LogP contribution in [0.25, 0.3) is 0 Å². The molecule has 0 aliphatic carbocycles. The average Bonchev–Trinajstić information content (AvgIpc) is 2.95. The van der Waals surface area contributed by atoms with E-state index in [1.54, 1.807) is 0 Å². The first kappa shape index (κ1) is 13.9. The minimum Gasteiger partial charge on any atom is -0.464 e. The van der Waals surface area contributed by atoms with Crippen molar-refractivity contribution >= 4 is 11.8 Å². The van der Waals surface area contributed by atoms with Crippen LogP contribution in [0.4, 0.5) is 0 Å². The SMILES string of the molecule is CN(C)Cc1ccc(CSCCN2[C]NCC2)o1. The third-order valence-corrected chi connectivity index (χ3v) is 3.64. The summed E-state index contributed by atoms with van der Waals surface area (Å²) in [5.41, 5.74) is 0. The molecular formula is C13H21N3OS. The summed E-state index contributed by atoms with van der Waals surface area (Å²) in [5.74, 6) is 4.18. The van der Waals surface area contributed by atoms with Gasteiger partial charge in [0.25, 0.3) is 0 Å². The molecule has 4 nitrogen and oxygen atoms in total. The maximum Gasteiger partial charge on any atom is 0.143 e. The number of hydrogen-bond donors (Lipinski definition) is 1. The van der Waals surface area contributed by atoms with Crippen molar-refractivity contribution < 1.29 is 4.42 Å². The molecule has 1 saturated heterocycles. The van der Waals surface area contributed by atoms with Crippen LogP contribution in [-0.4, -0.2) is 49.3 Å². The highest BCUT2D eigenvalue weighted by Gasteiger charge is 2.11. The van der Waals surface area contributed by atoms with E-state index >= 15 is 0 Å². The van der Waals surface area contributed by atoms with Crippen LogP contribution < -0.4 is 5.32 Å². The highest BCUT2D eigenvalue weighted by Crippen LogP contribution is 2.16. The van der Waals surface area contributed by atoms with Crippen molar-refractivity contribution in [2.75, 3.05) is 39.5 Å². The Morgan fingerprint density at radius 2 is 2.28 bits per heavy atom. The summed E-state index contributed by atoms with van der Waals surface area (Å²) < 4.78 is 5.76. The van der Waals surface area contributed by atoms with E-state index in [9.17, 15) is 0 Å². The zero-order chi connectivity index (χ0) is 12.8. The summed E-state index contributed by atoms with van der Waals surface area (Å²) in [6.45, 7) is 7.15. The second-order valence-corrected chi connectivity index (χ2v) is 5.79. The molecule has 1 aliphatic rings. The highest BCUT2D eigenvalue weighted by atomic mass is 32.2. The van der Waals surface area contributed by atoms with Crippen LogP contribution in [0.1, 0.15) is 11.5 Å². The fourth-order valence-corrected chi connectivity index (χ4v) is 2.68. The van der Waals surface area contributed by atoms with Crippen molar-refractivity contribution in [3.63, 3.8) is 0 Å². The zero-order valence-corrected chi connectivity index (χ0v) is 11.9. The fourth-order valence-electron chi connectivity index (χ4n) is 1.83. The second kappa shape index (κ2) is 7.19. The number of furan rings is 1. The zero-order valence-electron chi connectivity index (χ0n) is 11.1. The Morgan fingerprint density at radius 1 is 1.44 bits per heavy atom. The molecule has 0 unspecified atom stereocenters. The molecule has 0 spiro atoms. The molecule has 0 bridgehead atoms. The van der Waals surface area contributed by atoms with Gasteiger partial charge < -0.3 is 9.32 Å². The number of thioether (sulfide) groups is 1. The monoisotopic (exact) mass is 267 g/mol. The Balaban J connectivity index is 1.62. The van der Waals surface area contributed by atoms with Gasteiger partial charge in [0, 0.05) is 25.4 Å². The number of rotatable bonds is 7. The van der Waals surface area contributed by atoms with Crippen LogP contribution in [0.3, 0.4) is 0 Å². The van der Waals surface area contributed by atoms with Crippen LogP contribution in [0.2, 0.25) is 0 Å². The van der Waals surface area contributed by atoms with Gasteiger partial charge in [0.05, 0.1) is 12.3 Å². The molecule has 5 heteroatoms. The summed E-state index contributed by atoms with van der Waals surface area (Å²) in [6, 6.07) is 4.16. The van der Waals surface area contributed by atoms with Crippen LogP contribution in [0.5, 0.6) is 0 Å². The third kappa shape index (κ3) is 4.65. The van der Waals surface area contributed by atoms with Gasteiger partial charge in [-0.1, -0.05) is 0 Å². The van der Waals surface area contributed by atoms with Crippen molar-refractivity contribution in [2.24, 2.45) is 0 Å². The molecule has 0 atom stereocenters. The van der Waals surface area contributed by atoms with Crippen molar-refractivity contribution in [2.45, 2.75) is 12.3 Å². The summed E-state index contributed by atoms with van der Waals surface area (Å²) >= 11 is 1.91. The lowest BCUT2D eigenvalue weighted by atomic mass is 10.4. The molecule has 0 aromatic carbocycles. The summed E-state index contributed by atoms with van der Waals surface area (Å²) in [5, 5.41) is 3.10. The van der Waals surface area contributed by atoms with E-state index in [2.05, 4.69) is 33.9 Å². The van der Waals surface area contributed by atoms with E-state index < -0.39 is 0 Å². The first-order chi connectivity index (χ1) is 8.74. The number of nitrogens with one attached hydrogen (secondary N) is 1. The number of hydrogen-bond acceptors (Lipinski definition) is 5. The Kier molecular flexibility index (Phi) is 5.56. The van der Waals surface area contributed by atoms with Gasteiger partial charge in [-0.15, -0.1) is 0 Å². The molecular weight excluding hydrogens is 246 g/mol. The standard InChI is InChI=1S/C13H21N3OS/c1-15(2)9-12-3-4-13(17-12)10-18-8-7-16-6-5-14-11-16/h3-4,14H,5-10H2,1-2H3.